The van der Waals surface area contributed by atoms with Crippen LogP contribution in [0.2, 0.25) is 0 Å². The second-order valence-corrected chi connectivity index (χ2v) is 7.06. The smallest absolute Gasteiger partial charge is 0.138 e. The molecule has 0 spiro atoms. The number of fused-ring (bicyclic) bond motifs is 1. The van der Waals surface area contributed by atoms with Gasteiger partial charge in [0.1, 0.15) is 6.17 Å². The Bertz CT molecular complexity index is 580. The zero-order valence-corrected chi connectivity index (χ0v) is 14.7. The normalized spacial score (nSPS) is 21.9. The van der Waals surface area contributed by atoms with Crippen molar-refractivity contribution in [1.82, 2.24) is 4.90 Å². The number of benzene rings is 1. The van der Waals surface area contributed by atoms with Crippen LogP contribution in [0.15, 0.2) is 35.1 Å². The molecule has 1 atom stereocenters. The Labute approximate surface area is 136 Å². The number of aryl methyl sites for hydroxylation is 3. The average Bonchev–Trinajstić information content (AvgIpc) is 2.77. The van der Waals surface area contributed by atoms with E-state index in [0.717, 1.165) is 6.54 Å². The Kier molecular flexibility index (Phi) is 4.12. The predicted molar refractivity (Wildman–Crippen MR) is 93.6 cm³/mol. The SMILES string of the molecule is Cc1cc(C)c(N2C=CN3CCCCC=C(Br)C32)c(C)c1. The Morgan fingerprint density at radius 3 is 2.48 bits per heavy atom. The lowest BCUT2D eigenvalue weighted by atomic mass is 10.0. The molecule has 0 radical (unpaired) electrons. The van der Waals surface area contributed by atoms with E-state index in [1.54, 1.807) is 0 Å². The van der Waals surface area contributed by atoms with Crippen LogP contribution in [0.4, 0.5) is 5.69 Å². The zero-order valence-electron chi connectivity index (χ0n) is 13.1. The molecule has 2 nitrogen and oxygen atoms in total. The van der Waals surface area contributed by atoms with Crippen LogP contribution in [-0.4, -0.2) is 17.6 Å². The maximum absolute atomic E-state index is 3.82. The van der Waals surface area contributed by atoms with Gasteiger partial charge in [-0.05, 0) is 51.2 Å². The molecular weight excluding hydrogens is 324 g/mol. The summed E-state index contributed by atoms with van der Waals surface area (Å²) in [7, 11) is 0. The lowest BCUT2D eigenvalue weighted by Crippen LogP contribution is -2.40. The van der Waals surface area contributed by atoms with Crippen LogP contribution in [0, 0.1) is 20.8 Å². The van der Waals surface area contributed by atoms with Gasteiger partial charge >= 0.3 is 0 Å². The number of halogens is 1. The summed E-state index contributed by atoms with van der Waals surface area (Å²) in [6.07, 6.45) is 10.8. The largest absolute Gasteiger partial charge is 0.352 e. The minimum atomic E-state index is 0.283. The van der Waals surface area contributed by atoms with Gasteiger partial charge in [-0.2, -0.15) is 0 Å². The molecule has 0 saturated carbocycles. The maximum atomic E-state index is 3.82. The van der Waals surface area contributed by atoms with Crippen LogP contribution < -0.4 is 4.90 Å². The van der Waals surface area contributed by atoms with Gasteiger partial charge in [0, 0.05) is 29.1 Å². The molecular formula is C18H23BrN2. The van der Waals surface area contributed by atoms with Gasteiger partial charge in [0.2, 0.25) is 0 Å². The van der Waals surface area contributed by atoms with Gasteiger partial charge < -0.3 is 9.80 Å². The molecule has 21 heavy (non-hydrogen) atoms. The van der Waals surface area contributed by atoms with Crippen LogP contribution >= 0.6 is 15.9 Å². The number of hydrogen-bond donors (Lipinski definition) is 0. The second kappa shape index (κ2) is 5.88. The number of hydrogen-bond acceptors (Lipinski definition) is 2. The fourth-order valence-corrected chi connectivity index (χ4v) is 4.24. The molecule has 2 heterocycles. The molecule has 3 heteroatoms. The van der Waals surface area contributed by atoms with Crippen LogP contribution in [0.3, 0.4) is 0 Å². The number of allylic oxidation sites excluding steroid dienone is 1. The van der Waals surface area contributed by atoms with E-state index >= 15 is 0 Å². The minimum absolute atomic E-state index is 0.283. The topological polar surface area (TPSA) is 6.48 Å². The summed E-state index contributed by atoms with van der Waals surface area (Å²) in [5, 5.41) is 0. The fraction of sp³-hybridized carbons (Fsp3) is 0.444. The molecule has 1 unspecified atom stereocenters. The summed E-state index contributed by atoms with van der Waals surface area (Å²) in [6.45, 7) is 7.73. The monoisotopic (exact) mass is 346 g/mol. The van der Waals surface area contributed by atoms with Crippen molar-refractivity contribution in [2.75, 3.05) is 11.4 Å². The molecule has 0 saturated heterocycles. The van der Waals surface area contributed by atoms with Crippen molar-refractivity contribution in [3.05, 3.63) is 51.8 Å². The highest BCUT2D eigenvalue weighted by Gasteiger charge is 2.31. The Morgan fingerprint density at radius 2 is 1.76 bits per heavy atom. The first-order valence-corrected chi connectivity index (χ1v) is 8.53. The summed E-state index contributed by atoms with van der Waals surface area (Å²) < 4.78 is 1.28. The molecule has 1 aromatic rings. The van der Waals surface area contributed by atoms with Crippen molar-refractivity contribution < 1.29 is 0 Å². The summed E-state index contributed by atoms with van der Waals surface area (Å²) in [6, 6.07) is 4.55. The van der Waals surface area contributed by atoms with Crippen molar-refractivity contribution >= 4 is 21.6 Å². The van der Waals surface area contributed by atoms with Gasteiger partial charge in [-0.3, -0.25) is 0 Å². The first-order valence-electron chi connectivity index (χ1n) is 7.74. The molecule has 2 aliphatic heterocycles. The van der Waals surface area contributed by atoms with Crippen LogP contribution in [0.1, 0.15) is 36.0 Å². The fourth-order valence-electron chi connectivity index (χ4n) is 3.53. The highest BCUT2D eigenvalue weighted by Crippen LogP contribution is 2.36. The van der Waals surface area contributed by atoms with E-state index < -0.39 is 0 Å². The van der Waals surface area contributed by atoms with E-state index in [2.05, 4.69) is 77.1 Å². The number of nitrogens with zero attached hydrogens (tertiary/aromatic N) is 2. The lowest BCUT2D eigenvalue weighted by molar-refractivity contribution is 0.328. The predicted octanol–water partition coefficient (Wildman–Crippen LogP) is 4.99. The second-order valence-electron chi connectivity index (χ2n) is 6.15. The van der Waals surface area contributed by atoms with E-state index in [1.165, 1.54) is 46.1 Å². The van der Waals surface area contributed by atoms with Gasteiger partial charge in [0.25, 0.3) is 0 Å². The molecule has 3 rings (SSSR count). The van der Waals surface area contributed by atoms with Gasteiger partial charge in [-0.15, -0.1) is 0 Å². The Hall–Kier alpha value is -1.22. The number of rotatable bonds is 1. The third-order valence-electron chi connectivity index (χ3n) is 4.35. The van der Waals surface area contributed by atoms with Crippen molar-refractivity contribution in [2.24, 2.45) is 0 Å². The quantitative estimate of drug-likeness (QED) is 0.706. The van der Waals surface area contributed by atoms with Crippen molar-refractivity contribution in [3.63, 3.8) is 0 Å². The van der Waals surface area contributed by atoms with Crippen LogP contribution in [-0.2, 0) is 0 Å². The molecule has 0 fully saturated rings. The first kappa shape index (κ1) is 14.7. The van der Waals surface area contributed by atoms with Crippen LogP contribution in [0.25, 0.3) is 0 Å². The molecule has 0 amide bonds. The highest BCUT2D eigenvalue weighted by atomic mass is 79.9. The standard InChI is InChI=1S/C18H23BrN2/c1-13-11-14(2)17(15(3)12-13)21-10-9-20-8-6-4-5-7-16(19)18(20)21/h7,9-12,18H,4-6,8H2,1-3H3. The molecule has 0 aliphatic carbocycles. The summed E-state index contributed by atoms with van der Waals surface area (Å²) in [4.78, 5) is 4.86. The molecule has 1 aromatic carbocycles. The van der Waals surface area contributed by atoms with Crippen LogP contribution in [0.5, 0.6) is 0 Å². The molecule has 0 aromatic heterocycles. The third kappa shape index (κ3) is 2.76. The van der Waals surface area contributed by atoms with E-state index in [-0.39, 0.29) is 6.17 Å². The van der Waals surface area contributed by atoms with Gasteiger partial charge in [-0.1, -0.05) is 39.7 Å². The van der Waals surface area contributed by atoms with E-state index in [4.69, 9.17) is 0 Å². The first-order chi connectivity index (χ1) is 10.1. The summed E-state index contributed by atoms with van der Waals surface area (Å²) in [5.74, 6) is 0. The van der Waals surface area contributed by atoms with Crippen molar-refractivity contribution in [3.8, 4) is 0 Å². The van der Waals surface area contributed by atoms with Gasteiger partial charge in [-0.25, -0.2) is 0 Å². The lowest BCUT2D eigenvalue weighted by Gasteiger charge is -2.35. The summed E-state index contributed by atoms with van der Waals surface area (Å²) >= 11 is 3.82. The molecule has 0 N–H and O–H groups in total. The molecule has 2 aliphatic rings. The van der Waals surface area contributed by atoms with E-state index in [1.807, 2.05) is 0 Å². The summed E-state index contributed by atoms with van der Waals surface area (Å²) in [5.41, 5.74) is 5.37. The third-order valence-corrected chi connectivity index (χ3v) is 5.08. The van der Waals surface area contributed by atoms with Crippen molar-refractivity contribution in [1.29, 1.82) is 0 Å². The molecule has 0 bridgehead atoms. The highest BCUT2D eigenvalue weighted by molar-refractivity contribution is 9.11. The van der Waals surface area contributed by atoms with Crippen molar-refractivity contribution in [2.45, 2.75) is 46.2 Å². The number of anilines is 1. The Morgan fingerprint density at radius 1 is 1.05 bits per heavy atom. The molecule has 112 valence electrons. The van der Waals surface area contributed by atoms with E-state index in [0.29, 0.717) is 0 Å². The van der Waals surface area contributed by atoms with Gasteiger partial charge in [0.05, 0.1) is 0 Å². The average molecular weight is 347 g/mol. The maximum Gasteiger partial charge on any atom is 0.138 e. The van der Waals surface area contributed by atoms with E-state index in [9.17, 15) is 0 Å². The van der Waals surface area contributed by atoms with Gasteiger partial charge in [0.15, 0.2) is 0 Å². The minimum Gasteiger partial charge on any atom is -0.352 e. The zero-order chi connectivity index (χ0) is 15.0. The Balaban J connectivity index is 2.03.